The van der Waals surface area contributed by atoms with Crippen LogP contribution in [-0.2, 0) is 0 Å². The van der Waals surface area contributed by atoms with Crippen molar-refractivity contribution in [3.8, 4) is 34.5 Å². The normalized spacial score (nSPS) is 14.7. The van der Waals surface area contributed by atoms with E-state index in [9.17, 15) is 0 Å². The summed E-state index contributed by atoms with van der Waals surface area (Å²) in [7, 11) is 9.65. The summed E-state index contributed by atoms with van der Waals surface area (Å²) in [5.74, 6) is 6.73. The molecule has 2 saturated heterocycles. The summed E-state index contributed by atoms with van der Waals surface area (Å²) in [6.07, 6.45) is 12.5. The Labute approximate surface area is 337 Å². The van der Waals surface area contributed by atoms with Crippen molar-refractivity contribution in [2.75, 3.05) is 89.3 Å². The van der Waals surface area contributed by atoms with Crippen molar-refractivity contribution in [1.82, 2.24) is 35.3 Å². The number of benzene rings is 2. The van der Waals surface area contributed by atoms with Gasteiger partial charge in [-0.15, -0.1) is 10.2 Å². The van der Waals surface area contributed by atoms with Crippen LogP contribution in [0.2, 0.25) is 0 Å². The van der Waals surface area contributed by atoms with Crippen molar-refractivity contribution in [2.45, 2.75) is 37.8 Å². The topological polar surface area (TPSA) is 176 Å². The van der Waals surface area contributed by atoms with E-state index in [2.05, 4.69) is 55.8 Å². The van der Waals surface area contributed by atoms with Crippen molar-refractivity contribution < 1.29 is 28.4 Å². The molecule has 4 aromatic heterocycles. The zero-order chi connectivity index (χ0) is 40.4. The lowest BCUT2D eigenvalue weighted by Gasteiger charge is -2.33. The highest BCUT2D eigenvalue weighted by Gasteiger charge is 2.27. The van der Waals surface area contributed by atoms with Crippen LogP contribution in [0.15, 0.2) is 67.4 Å². The smallest absolute Gasteiger partial charge is 0.222 e. The van der Waals surface area contributed by atoms with E-state index in [0.29, 0.717) is 52.5 Å². The standard InChI is InChI=1S/C21H25N5O3.C20H24N6O3/c1-27-17-12-15-16(19(28-2)20(17)29-3)13-23-25-21(15)26-10-7-14(8-11-26)24-18-6-4-5-9-22-18;1-27-16-11-14-15(17(28-2)18(16)29-3)12-23-25-19(14)26-9-5-13(6-10-26)24-20-21-7-4-8-22-20/h4-6,9,12-14H,7-8,10-11H2,1-3H3,(H,22,24);4,7-8,11-13H,5-6,9-10H2,1-3H3,(H,21,22,24). The highest BCUT2D eigenvalue weighted by molar-refractivity contribution is 6.00. The van der Waals surface area contributed by atoms with Gasteiger partial charge in [-0.05, 0) is 56.0 Å². The first kappa shape index (κ1) is 39.6. The maximum absolute atomic E-state index is 5.61. The number of fused-ring (bicyclic) bond motifs is 2. The lowest BCUT2D eigenvalue weighted by Crippen LogP contribution is -2.40. The van der Waals surface area contributed by atoms with Crippen LogP contribution < -0.4 is 48.9 Å². The molecule has 17 heteroatoms. The minimum atomic E-state index is 0.320. The van der Waals surface area contributed by atoms with Gasteiger partial charge in [-0.1, -0.05) is 6.07 Å². The summed E-state index contributed by atoms with van der Waals surface area (Å²) < 4.78 is 33.2. The molecule has 2 fully saturated rings. The predicted octanol–water partition coefficient (Wildman–Crippen LogP) is 5.66. The number of rotatable bonds is 12. The number of pyridine rings is 1. The Balaban J connectivity index is 0.000000177. The molecule has 6 aromatic rings. The molecule has 6 heterocycles. The van der Waals surface area contributed by atoms with Gasteiger partial charge in [0.05, 0.1) is 65.8 Å². The van der Waals surface area contributed by atoms with Crippen LogP contribution in [0, 0.1) is 0 Å². The van der Waals surface area contributed by atoms with Crippen LogP contribution in [0.1, 0.15) is 25.7 Å². The van der Waals surface area contributed by atoms with Gasteiger partial charge in [0.1, 0.15) is 5.82 Å². The molecule has 0 bridgehead atoms. The average molecular weight is 792 g/mol. The fourth-order valence-electron chi connectivity index (χ4n) is 7.53. The van der Waals surface area contributed by atoms with Gasteiger partial charge in [-0.25, -0.2) is 15.0 Å². The average Bonchev–Trinajstić information content (AvgIpc) is 3.28. The zero-order valence-electron chi connectivity index (χ0n) is 33.6. The van der Waals surface area contributed by atoms with Gasteiger partial charge in [0.2, 0.25) is 17.4 Å². The molecule has 2 aliphatic rings. The number of aromatic nitrogens is 7. The summed E-state index contributed by atoms with van der Waals surface area (Å²) in [6.45, 7) is 3.42. The first-order valence-corrected chi connectivity index (χ1v) is 19.1. The molecule has 0 aliphatic carbocycles. The summed E-state index contributed by atoms with van der Waals surface area (Å²) in [5.41, 5.74) is 0. The molecule has 304 valence electrons. The Morgan fingerprint density at radius 2 is 0.983 bits per heavy atom. The highest BCUT2D eigenvalue weighted by atomic mass is 16.5. The Hall–Kier alpha value is -6.65. The van der Waals surface area contributed by atoms with E-state index < -0.39 is 0 Å². The molecule has 0 radical (unpaired) electrons. The van der Waals surface area contributed by atoms with Crippen LogP contribution >= 0.6 is 0 Å². The van der Waals surface area contributed by atoms with Crippen molar-refractivity contribution in [3.63, 3.8) is 0 Å². The predicted molar refractivity (Wildman–Crippen MR) is 222 cm³/mol. The van der Waals surface area contributed by atoms with Crippen LogP contribution in [0.3, 0.4) is 0 Å². The summed E-state index contributed by atoms with van der Waals surface area (Å²) in [6, 6.07) is 12.3. The van der Waals surface area contributed by atoms with Crippen molar-refractivity contribution in [2.24, 2.45) is 0 Å². The maximum atomic E-state index is 5.61. The molecule has 0 amide bonds. The van der Waals surface area contributed by atoms with E-state index in [1.54, 1.807) is 73.6 Å². The number of nitrogens with zero attached hydrogens (tertiary/aromatic N) is 9. The number of hydrogen-bond acceptors (Lipinski definition) is 17. The van der Waals surface area contributed by atoms with E-state index in [-0.39, 0.29) is 0 Å². The third-order valence-corrected chi connectivity index (χ3v) is 10.4. The lowest BCUT2D eigenvalue weighted by atomic mass is 10.0. The second-order valence-electron chi connectivity index (χ2n) is 13.6. The number of ether oxygens (including phenoxy) is 6. The number of anilines is 4. The summed E-state index contributed by atoms with van der Waals surface area (Å²) in [4.78, 5) is 17.4. The number of piperidine rings is 2. The largest absolute Gasteiger partial charge is 0.493 e. The minimum absolute atomic E-state index is 0.320. The number of methoxy groups -OCH3 is 6. The molecular weight excluding hydrogens is 743 g/mol. The van der Waals surface area contributed by atoms with Gasteiger partial charge >= 0.3 is 0 Å². The SMILES string of the molecule is COc1cc2c(N3CCC(Nc4ccccn4)CC3)nncc2c(OC)c1OC.COc1cc2c(N3CCC(Nc4ncccn4)CC3)nncc2c(OC)c1OC. The Morgan fingerprint density at radius 3 is 1.41 bits per heavy atom. The van der Waals surface area contributed by atoms with Gasteiger partial charge in [0.25, 0.3) is 0 Å². The Morgan fingerprint density at radius 1 is 0.517 bits per heavy atom. The fraction of sp³-hybridized carbons (Fsp3) is 0.390. The molecule has 0 unspecified atom stereocenters. The van der Waals surface area contributed by atoms with Crippen LogP contribution in [0.5, 0.6) is 34.5 Å². The third-order valence-electron chi connectivity index (χ3n) is 10.4. The maximum Gasteiger partial charge on any atom is 0.222 e. The second-order valence-corrected chi connectivity index (χ2v) is 13.6. The summed E-state index contributed by atoms with van der Waals surface area (Å²) >= 11 is 0. The molecule has 2 aliphatic heterocycles. The summed E-state index contributed by atoms with van der Waals surface area (Å²) in [5, 5.41) is 27.8. The first-order valence-electron chi connectivity index (χ1n) is 19.1. The minimum Gasteiger partial charge on any atom is -0.493 e. The molecule has 0 spiro atoms. The number of nitrogens with one attached hydrogen (secondary N) is 2. The Kier molecular flexibility index (Phi) is 12.6. The number of hydrogen-bond donors (Lipinski definition) is 2. The quantitative estimate of drug-likeness (QED) is 0.155. The molecular formula is C41H49N11O6. The third kappa shape index (κ3) is 8.38. The second kappa shape index (κ2) is 18.5. The molecule has 17 nitrogen and oxygen atoms in total. The van der Waals surface area contributed by atoms with E-state index in [1.807, 2.05) is 36.4 Å². The fourth-order valence-corrected chi connectivity index (χ4v) is 7.53. The molecule has 2 aromatic carbocycles. The molecule has 58 heavy (non-hydrogen) atoms. The zero-order valence-corrected chi connectivity index (χ0v) is 33.6. The Bertz CT molecular complexity index is 2110. The van der Waals surface area contributed by atoms with Gasteiger partial charge in [-0.2, -0.15) is 10.2 Å². The molecule has 0 atom stereocenters. The van der Waals surface area contributed by atoms with Crippen LogP contribution in [-0.4, -0.2) is 116 Å². The molecule has 0 saturated carbocycles. The van der Waals surface area contributed by atoms with E-state index in [0.717, 1.165) is 90.9 Å². The molecule has 2 N–H and O–H groups in total. The van der Waals surface area contributed by atoms with Crippen LogP contribution in [0.25, 0.3) is 21.5 Å². The van der Waals surface area contributed by atoms with E-state index >= 15 is 0 Å². The monoisotopic (exact) mass is 791 g/mol. The van der Waals surface area contributed by atoms with Crippen molar-refractivity contribution >= 4 is 44.9 Å². The van der Waals surface area contributed by atoms with Crippen LogP contribution in [0.4, 0.5) is 23.4 Å². The lowest BCUT2D eigenvalue weighted by molar-refractivity contribution is 0.327. The van der Waals surface area contributed by atoms with Gasteiger partial charge in [0, 0.05) is 67.6 Å². The van der Waals surface area contributed by atoms with Crippen molar-refractivity contribution in [3.05, 3.63) is 67.4 Å². The van der Waals surface area contributed by atoms with Gasteiger partial charge < -0.3 is 48.9 Å². The van der Waals surface area contributed by atoms with Crippen molar-refractivity contribution in [1.29, 1.82) is 0 Å². The highest BCUT2D eigenvalue weighted by Crippen LogP contribution is 2.46. The first-order chi connectivity index (χ1) is 28.5. The molecule has 8 rings (SSSR count). The van der Waals surface area contributed by atoms with Gasteiger partial charge in [-0.3, -0.25) is 0 Å². The van der Waals surface area contributed by atoms with E-state index in [1.165, 1.54) is 0 Å². The van der Waals surface area contributed by atoms with Gasteiger partial charge in [0.15, 0.2) is 34.6 Å². The van der Waals surface area contributed by atoms with E-state index in [4.69, 9.17) is 28.4 Å².